The van der Waals surface area contributed by atoms with Crippen LogP contribution in [0.4, 0.5) is 5.69 Å². The van der Waals surface area contributed by atoms with Gasteiger partial charge >= 0.3 is 5.97 Å². The van der Waals surface area contributed by atoms with Crippen molar-refractivity contribution in [1.29, 1.82) is 0 Å². The van der Waals surface area contributed by atoms with Crippen LogP contribution in [0.15, 0.2) is 53.0 Å². The Kier molecular flexibility index (Phi) is 5.04. The van der Waals surface area contributed by atoms with E-state index in [0.29, 0.717) is 10.7 Å². The third-order valence-electron chi connectivity index (χ3n) is 2.93. The van der Waals surface area contributed by atoms with E-state index in [9.17, 15) is 9.90 Å². The first-order chi connectivity index (χ1) is 9.58. The number of nitrogens with one attached hydrogen (secondary N) is 1. The molecule has 0 spiro atoms. The molecule has 0 radical (unpaired) electrons. The van der Waals surface area contributed by atoms with Crippen LogP contribution in [0.5, 0.6) is 0 Å². The maximum atomic E-state index is 11.4. The molecule has 0 amide bonds. The summed E-state index contributed by atoms with van der Waals surface area (Å²) in [6, 6.07) is 14.6. The second-order valence-electron chi connectivity index (χ2n) is 4.31. The fraction of sp³-hybridized carbons (Fsp3) is 0.133. The molecule has 0 aliphatic heterocycles. The maximum absolute atomic E-state index is 11.4. The molecule has 0 aromatic heterocycles. The van der Waals surface area contributed by atoms with Gasteiger partial charge in [0.2, 0.25) is 0 Å². The lowest BCUT2D eigenvalue weighted by Crippen LogP contribution is -2.21. The Morgan fingerprint density at radius 1 is 1.25 bits per heavy atom. The van der Waals surface area contributed by atoms with Crippen molar-refractivity contribution in [2.45, 2.75) is 5.92 Å². The van der Waals surface area contributed by atoms with Gasteiger partial charge in [0.1, 0.15) is 0 Å². The van der Waals surface area contributed by atoms with Gasteiger partial charge in [-0.2, -0.15) is 0 Å². The smallest absolute Gasteiger partial charge is 0.312 e. The molecule has 5 heteroatoms. The highest BCUT2D eigenvalue weighted by atomic mass is 79.9. The number of carbonyl (C=O) groups is 1. The van der Waals surface area contributed by atoms with Crippen molar-refractivity contribution in [1.82, 2.24) is 0 Å². The van der Waals surface area contributed by atoms with Gasteiger partial charge in [-0.05, 0) is 23.8 Å². The molecular formula is C15H13BrClNO2. The van der Waals surface area contributed by atoms with Gasteiger partial charge in [0.15, 0.2) is 0 Å². The van der Waals surface area contributed by atoms with Crippen molar-refractivity contribution in [2.75, 3.05) is 11.9 Å². The van der Waals surface area contributed by atoms with E-state index >= 15 is 0 Å². The summed E-state index contributed by atoms with van der Waals surface area (Å²) >= 11 is 9.44. The average Bonchev–Trinajstić information content (AvgIpc) is 2.43. The summed E-state index contributed by atoms with van der Waals surface area (Å²) < 4.78 is 0.885. The van der Waals surface area contributed by atoms with E-state index in [1.54, 1.807) is 6.07 Å². The van der Waals surface area contributed by atoms with Crippen LogP contribution in [-0.2, 0) is 4.79 Å². The quantitative estimate of drug-likeness (QED) is 0.837. The minimum absolute atomic E-state index is 0.273. The Morgan fingerprint density at radius 2 is 1.95 bits per heavy atom. The lowest BCUT2D eigenvalue weighted by atomic mass is 9.99. The van der Waals surface area contributed by atoms with Gasteiger partial charge in [0, 0.05) is 11.0 Å². The maximum Gasteiger partial charge on any atom is 0.312 e. The molecule has 0 saturated heterocycles. The van der Waals surface area contributed by atoms with Crippen molar-refractivity contribution >= 4 is 39.2 Å². The summed E-state index contributed by atoms with van der Waals surface area (Å²) in [6.45, 7) is 0.273. The molecule has 2 N–H and O–H groups in total. The van der Waals surface area contributed by atoms with Gasteiger partial charge in [-0.3, -0.25) is 4.79 Å². The van der Waals surface area contributed by atoms with Crippen molar-refractivity contribution < 1.29 is 9.90 Å². The first kappa shape index (κ1) is 14.9. The fourth-order valence-electron chi connectivity index (χ4n) is 1.88. The largest absolute Gasteiger partial charge is 0.481 e. The monoisotopic (exact) mass is 353 g/mol. The second-order valence-corrected chi connectivity index (χ2v) is 5.63. The molecule has 3 nitrogen and oxygen atoms in total. The van der Waals surface area contributed by atoms with Crippen LogP contribution in [0.1, 0.15) is 11.5 Å². The minimum Gasteiger partial charge on any atom is -0.481 e. The van der Waals surface area contributed by atoms with Gasteiger partial charge in [-0.1, -0.05) is 57.9 Å². The Hall–Kier alpha value is -1.52. The fourth-order valence-corrected chi connectivity index (χ4v) is 2.42. The molecule has 0 saturated carbocycles. The van der Waals surface area contributed by atoms with E-state index in [1.165, 1.54) is 0 Å². The SMILES string of the molecule is O=C(O)C(CNc1cc(Br)ccc1Cl)c1ccccc1. The highest BCUT2D eigenvalue weighted by Gasteiger charge is 2.19. The molecule has 0 fully saturated rings. The topological polar surface area (TPSA) is 49.3 Å². The summed E-state index contributed by atoms with van der Waals surface area (Å²) in [5, 5.41) is 13.0. The first-order valence-corrected chi connectivity index (χ1v) is 7.21. The molecule has 20 heavy (non-hydrogen) atoms. The van der Waals surface area contributed by atoms with Crippen LogP contribution < -0.4 is 5.32 Å². The lowest BCUT2D eigenvalue weighted by Gasteiger charge is -2.15. The molecule has 2 rings (SSSR count). The van der Waals surface area contributed by atoms with E-state index in [1.807, 2.05) is 42.5 Å². The number of anilines is 1. The van der Waals surface area contributed by atoms with Gasteiger partial charge in [0.05, 0.1) is 16.6 Å². The van der Waals surface area contributed by atoms with Crippen LogP contribution in [0.2, 0.25) is 5.02 Å². The summed E-state index contributed by atoms with van der Waals surface area (Å²) in [7, 11) is 0. The Morgan fingerprint density at radius 3 is 2.60 bits per heavy atom. The van der Waals surface area contributed by atoms with Gasteiger partial charge in [0.25, 0.3) is 0 Å². The number of hydrogen-bond donors (Lipinski definition) is 2. The second kappa shape index (κ2) is 6.77. The minimum atomic E-state index is -0.866. The zero-order valence-corrected chi connectivity index (χ0v) is 12.9. The van der Waals surface area contributed by atoms with Crippen LogP contribution in [0.3, 0.4) is 0 Å². The highest BCUT2D eigenvalue weighted by molar-refractivity contribution is 9.10. The van der Waals surface area contributed by atoms with Crippen LogP contribution in [-0.4, -0.2) is 17.6 Å². The Balaban J connectivity index is 2.14. The number of benzene rings is 2. The van der Waals surface area contributed by atoms with E-state index in [-0.39, 0.29) is 6.54 Å². The molecule has 0 heterocycles. The summed E-state index contributed by atoms with van der Waals surface area (Å²) in [6.07, 6.45) is 0. The molecular weight excluding hydrogens is 342 g/mol. The Labute approximate surface area is 130 Å². The van der Waals surface area contributed by atoms with E-state index in [4.69, 9.17) is 11.6 Å². The predicted octanol–water partition coefficient (Wildman–Crippen LogP) is 4.38. The molecule has 0 aliphatic carbocycles. The van der Waals surface area contributed by atoms with Crippen LogP contribution >= 0.6 is 27.5 Å². The zero-order chi connectivity index (χ0) is 14.5. The van der Waals surface area contributed by atoms with Gasteiger partial charge < -0.3 is 10.4 Å². The summed E-state index contributed by atoms with van der Waals surface area (Å²) in [4.78, 5) is 11.4. The van der Waals surface area contributed by atoms with E-state index < -0.39 is 11.9 Å². The molecule has 0 aliphatic rings. The molecule has 2 aromatic rings. The highest BCUT2D eigenvalue weighted by Crippen LogP contribution is 2.27. The van der Waals surface area contributed by atoms with Crippen LogP contribution in [0.25, 0.3) is 0 Å². The van der Waals surface area contributed by atoms with E-state index in [0.717, 1.165) is 10.0 Å². The zero-order valence-electron chi connectivity index (χ0n) is 10.5. The molecule has 0 bridgehead atoms. The normalized spacial score (nSPS) is 11.9. The van der Waals surface area contributed by atoms with Crippen molar-refractivity contribution in [3.63, 3.8) is 0 Å². The number of carboxylic acids is 1. The molecule has 2 aromatic carbocycles. The number of rotatable bonds is 5. The average molecular weight is 355 g/mol. The number of aliphatic carboxylic acids is 1. The lowest BCUT2D eigenvalue weighted by molar-refractivity contribution is -0.138. The molecule has 104 valence electrons. The molecule has 1 atom stereocenters. The van der Waals surface area contributed by atoms with E-state index in [2.05, 4.69) is 21.2 Å². The summed E-state index contributed by atoms with van der Waals surface area (Å²) in [5.74, 6) is -1.49. The standard InChI is InChI=1S/C15H13BrClNO2/c16-11-6-7-13(17)14(8-11)18-9-12(15(19)20)10-4-2-1-3-5-10/h1-8,12,18H,9H2,(H,19,20). The van der Waals surface area contributed by atoms with Crippen molar-refractivity contribution in [3.8, 4) is 0 Å². The third kappa shape index (κ3) is 3.74. The predicted molar refractivity (Wildman–Crippen MR) is 84.5 cm³/mol. The number of carboxylic acid groups (broad SMARTS) is 1. The Bertz CT molecular complexity index is 604. The number of halogens is 2. The molecule has 1 unspecified atom stereocenters. The van der Waals surface area contributed by atoms with Crippen molar-refractivity contribution in [3.05, 3.63) is 63.6 Å². The van der Waals surface area contributed by atoms with Gasteiger partial charge in [-0.15, -0.1) is 0 Å². The van der Waals surface area contributed by atoms with Gasteiger partial charge in [-0.25, -0.2) is 0 Å². The summed E-state index contributed by atoms with van der Waals surface area (Å²) in [5.41, 5.74) is 1.47. The first-order valence-electron chi connectivity index (χ1n) is 6.04. The number of hydrogen-bond acceptors (Lipinski definition) is 2. The van der Waals surface area contributed by atoms with Crippen LogP contribution in [0, 0.1) is 0 Å². The van der Waals surface area contributed by atoms with Crippen molar-refractivity contribution in [2.24, 2.45) is 0 Å². The third-order valence-corrected chi connectivity index (χ3v) is 3.75.